The lowest BCUT2D eigenvalue weighted by Crippen LogP contribution is -2.38. The monoisotopic (exact) mass is 558 g/mol. The minimum absolute atomic E-state index is 0.0428. The highest BCUT2D eigenvalue weighted by Crippen LogP contribution is 2.39. The number of rotatable bonds is 8. The summed E-state index contributed by atoms with van der Waals surface area (Å²) < 4.78 is 32.1. The third kappa shape index (κ3) is 6.09. The minimum atomic E-state index is -0.654. The summed E-state index contributed by atoms with van der Waals surface area (Å²) in [5.41, 5.74) is 0.486. The molecule has 1 fully saturated rings. The molecular weight excluding hydrogens is 535 g/mol. The van der Waals surface area contributed by atoms with Gasteiger partial charge in [0.1, 0.15) is 29.6 Å². The lowest BCUT2D eigenvalue weighted by molar-refractivity contribution is -0.171. The number of esters is 2. The molecule has 1 heterocycles. The van der Waals surface area contributed by atoms with Crippen LogP contribution in [0.4, 0.5) is 0 Å². The molecule has 3 atom stereocenters. The Bertz CT molecular complexity index is 909. The first-order chi connectivity index (χ1) is 15.4. The van der Waals surface area contributed by atoms with Gasteiger partial charge in [-0.15, -0.1) is 0 Å². The molecule has 1 N–H and O–H groups in total. The summed E-state index contributed by atoms with van der Waals surface area (Å²) >= 11 is 1.70. The normalized spacial score (nSPS) is 20.3. The van der Waals surface area contributed by atoms with E-state index < -0.39 is 30.4 Å². The molecule has 0 amide bonds. The fourth-order valence-corrected chi connectivity index (χ4v) is 3.52. The number of carbonyl (C=O) groups excluding carboxylic acids is 2. The summed E-state index contributed by atoms with van der Waals surface area (Å²) in [5, 5.41) is 9.91. The van der Waals surface area contributed by atoms with Crippen LogP contribution in [0.25, 0.3) is 0 Å². The van der Waals surface area contributed by atoms with Crippen LogP contribution >= 0.6 is 23.0 Å². The molecule has 2 aromatic rings. The van der Waals surface area contributed by atoms with Crippen molar-refractivity contribution in [3.8, 4) is 17.2 Å². The second-order valence-electron chi connectivity index (χ2n) is 6.97. The SMILES string of the molecule is COc1cc(C(=O)OCC2CC(O)CC(OI)O2)cc(OC)c1OC(=O)c1ccccc1. The average Bonchev–Trinajstić information content (AvgIpc) is 2.82. The Kier molecular flexibility index (Phi) is 8.67. The molecule has 0 saturated carbocycles. The van der Waals surface area contributed by atoms with Crippen molar-refractivity contribution in [3.63, 3.8) is 0 Å². The Morgan fingerprint density at radius 2 is 1.69 bits per heavy atom. The molecule has 1 saturated heterocycles. The van der Waals surface area contributed by atoms with Crippen molar-refractivity contribution in [2.24, 2.45) is 0 Å². The molecule has 0 bridgehead atoms. The van der Waals surface area contributed by atoms with Crippen molar-refractivity contribution in [3.05, 3.63) is 53.6 Å². The first-order valence-electron chi connectivity index (χ1n) is 9.76. The van der Waals surface area contributed by atoms with Crippen molar-refractivity contribution in [1.29, 1.82) is 0 Å². The second-order valence-corrected chi connectivity index (χ2v) is 7.47. The molecule has 172 valence electrons. The number of aliphatic hydroxyl groups is 1. The maximum absolute atomic E-state index is 12.6. The zero-order valence-corrected chi connectivity index (χ0v) is 19.6. The summed E-state index contributed by atoms with van der Waals surface area (Å²) in [6, 6.07) is 11.2. The van der Waals surface area contributed by atoms with Gasteiger partial charge in [0.2, 0.25) is 5.75 Å². The van der Waals surface area contributed by atoms with E-state index in [0.717, 1.165) is 0 Å². The van der Waals surface area contributed by atoms with Crippen LogP contribution in [-0.2, 0) is 12.5 Å². The van der Waals surface area contributed by atoms with Crippen LogP contribution in [0, 0.1) is 0 Å². The molecule has 3 rings (SSSR count). The highest BCUT2D eigenvalue weighted by atomic mass is 127. The Balaban J connectivity index is 1.73. The Hall–Kier alpha value is -2.41. The Morgan fingerprint density at radius 1 is 1.03 bits per heavy atom. The van der Waals surface area contributed by atoms with E-state index in [9.17, 15) is 14.7 Å². The first kappa shape index (κ1) is 24.2. The highest BCUT2D eigenvalue weighted by Gasteiger charge is 2.30. The van der Waals surface area contributed by atoms with Gasteiger partial charge in [0.25, 0.3) is 0 Å². The molecule has 0 aliphatic carbocycles. The minimum Gasteiger partial charge on any atom is -0.493 e. The van der Waals surface area contributed by atoms with Gasteiger partial charge >= 0.3 is 11.9 Å². The van der Waals surface area contributed by atoms with Gasteiger partial charge in [0.05, 0.1) is 37.6 Å². The van der Waals surface area contributed by atoms with Gasteiger partial charge in [-0.3, -0.25) is 3.07 Å². The maximum Gasteiger partial charge on any atom is 0.343 e. The average molecular weight is 558 g/mol. The van der Waals surface area contributed by atoms with E-state index in [1.54, 1.807) is 53.3 Å². The summed E-state index contributed by atoms with van der Waals surface area (Å²) in [5.74, 6) is -0.955. The molecule has 32 heavy (non-hydrogen) atoms. The van der Waals surface area contributed by atoms with E-state index in [1.165, 1.54) is 26.4 Å². The van der Waals surface area contributed by atoms with Crippen LogP contribution < -0.4 is 14.2 Å². The third-order valence-electron chi connectivity index (χ3n) is 4.74. The van der Waals surface area contributed by atoms with Crippen LogP contribution in [0.5, 0.6) is 17.2 Å². The molecule has 10 heteroatoms. The predicted octanol–water partition coefficient (Wildman–Crippen LogP) is 3.31. The fourth-order valence-electron chi connectivity index (χ4n) is 3.19. The molecule has 1 aliphatic rings. The zero-order chi connectivity index (χ0) is 23.1. The number of halogens is 1. The van der Waals surface area contributed by atoms with Crippen LogP contribution in [0.15, 0.2) is 42.5 Å². The standard InChI is InChI=1S/C22H23IO9/c1-27-17-8-14(21(25)29-12-16-10-15(24)11-19(30-16)32-23)9-18(28-2)20(17)31-22(26)13-6-4-3-5-7-13/h3-9,15-16,19,24H,10-12H2,1-2H3. The zero-order valence-electron chi connectivity index (χ0n) is 17.5. The number of hydrogen-bond acceptors (Lipinski definition) is 9. The van der Waals surface area contributed by atoms with Gasteiger partial charge in [0, 0.05) is 12.8 Å². The van der Waals surface area contributed by atoms with Crippen molar-refractivity contribution in [2.45, 2.75) is 31.3 Å². The van der Waals surface area contributed by atoms with Crippen LogP contribution in [0.2, 0.25) is 0 Å². The van der Waals surface area contributed by atoms with Crippen molar-refractivity contribution < 1.29 is 41.4 Å². The summed E-state index contributed by atoms with van der Waals surface area (Å²) in [4.78, 5) is 25.1. The van der Waals surface area contributed by atoms with Gasteiger partial charge in [0.15, 0.2) is 17.8 Å². The second kappa shape index (κ2) is 11.5. The van der Waals surface area contributed by atoms with Gasteiger partial charge < -0.3 is 28.8 Å². The number of carbonyl (C=O) groups is 2. The van der Waals surface area contributed by atoms with E-state index in [2.05, 4.69) is 0 Å². The Labute approximate surface area is 199 Å². The van der Waals surface area contributed by atoms with Gasteiger partial charge in [-0.1, -0.05) is 18.2 Å². The molecule has 1 aliphatic heterocycles. The van der Waals surface area contributed by atoms with Gasteiger partial charge in [-0.05, 0) is 24.3 Å². The molecule has 3 unspecified atom stereocenters. The topological polar surface area (TPSA) is 110 Å². The van der Waals surface area contributed by atoms with E-state index in [0.29, 0.717) is 18.4 Å². The predicted molar refractivity (Wildman–Crippen MR) is 120 cm³/mol. The van der Waals surface area contributed by atoms with E-state index in [1.807, 2.05) is 0 Å². The smallest absolute Gasteiger partial charge is 0.343 e. The molecule has 0 spiro atoms. The number of hydrogen-bond donors (Lipinski definition) is 1. The molecule has 2 aromatic carbocycles. The van der Waals surface area contributed by atoms with E-state index >= 15 is 0 Å². The lowest BCUT2D eigenvalue weighted by atomic mass is 10.1. The summed E-state index contributed by atoms with van der Waals surface area (Å²) in [6.45, 7) is -0.0677. The largest absolute Gasteiger partial charge is 0.493 e. The summed E-state index contributed by atoms with van der Waals surface area (Å²) in [7, 11) is 2.76. The van der Waals surface area contributed by atoms with Crippen LogP contribution in [0.1, 0.15) is 33.6 Å². The van der Waals surface area contributed by atoms with Crippen LogP contribution in [-0.4, -0.2) is 56.4 Å². The van der Waals surface area contributed by atoms with Crippen molar-refractivity contribution >= 4 is 34.9 Å². The van der Waals surface area contributed by atoms with Crippen LogP contribution in [0.3, 0.4) is 0 Å². The number of methoxy groups -OCH3 is 2. The fraction of sp³-hybridized carbons (Fsp3) is 0.364. The number of aliphatic hydroxyl groups excluding tert-OH is 1. The number of benzene rings is 2. The lowest BCUT2D eigenvalue weighted by Gasteiger charge is -2.31. The molecule has 9 nitrogen and oxygen atoms in total. The first-order valence-corrected chi connectivity index (χ1v) is 10.6. The van der Waals surface area contributed by atoms with E-state index in [4.69, 9.17) is 26.8 Å². The molecule has 0 radical (unpaired) electrons. The molecule has 0 aromatic heterocycles. The van der Waals surface area contributed by atoms with Crippen molar-refractivity contribution in [1.82, 2.24) is 0 Å². The van der Waals surface area contributed by atoms with Gasteiger partial charge in [-0.2, -0.15) is 0 Å². The summed E-state index contributed by atoms with van der Waals surface area (Å²) in [6.07, 6.45) is -0.999. The Morgan fingerprint density at radius 3 is 2.28 bits per heavy atom. The van der Waals surface area contributed by atoms with E-state index in [-0.39, 0.29) is 29.4 Å². The highest BCUT2D eigenvalue weighted by molar-refractivity contribution is 14.1. The molecular formula is C22H23IO9. The van der Waals surface area contributed by atoms with Crippen molar-refractivity contribution in [2.75, 3.05) is 20.8 Å². The quantitative estimate of drug-likeness (QED) is 0.297. The number of ether oxygens (including phenoxy) is 5. The van der Waals surface area contributed by atoms with Gasteiger partial charge in [-0.25, -0.2) is 9.59 Å². The maximum atomic E-state index is 12.6. The third-order valence-corrected chi connectivity index (χ3v) is 5.31.